The third kappa shape index (κ3) is 3.79. The van der Waals surface area contributed by atoms with Crippen LogP contribution in [0.1, 0.15) is 16.7 Å². The molecule has 0 spiro atoms. The number of nitrogens with zero attached hydrogens (tertiary/aromatic N) is 5. The Labute approximate surface area is 263 Å². The van der Waals surface area contributed by atoms with Crippen LogP contribution in [0.25, 0.3) is 76.5 Å². The maximum atomic E-state index is 10.1. The number of aromatic nitrogens is 1. The molecule has 46 heavy (non-hydrogen) atoms. The lowest BCUT2D eigenvalue weighted by Gasteiger charge is -2.14. The third-order valence-electron chi connectivity index (χ3n) is 8.55. The molecule has 8 aromatic rings. The molecule has 6 aromatic carbocycles. The Kier molecular flexibility index (Phi) is 5.91. The first-order valence-electron chi connectivity index (χ1n) is 14.5. The van der Waals surface area contributed by atoms with E-state index in [2.05, 4.69) is 33.7 Å². The van der Waals surface area contributed by atoms with Gasteiger partial charge in [-0.15, -0.1) is 0 Å². The van der Waals surface area contributed by atoms with Gasteiger partial charge in [-0.1, -0.05) is 60.7 Å². The Hall–Kier alpha value is -7.12. The zero-order chi connectivity index (χ0) is 31.4. The van der Waals surface area contributed by atoms with Gasteiger partial charge in [0.05, 0.1) is 46.9 Å². The SMILES string of the molecule is [C-]#[N+]c1cccc(C#N)c1-c1ccc2c(c1)c1cccc(-c3c(C#N)cccc3C#N)c1n2-c1ccc2oc3ccccc3c2c1. The molecular weight excluding hydrogens is 566 g/mol. The predicted molar refractivity (Wildman–Crippen MR) is 179 cm³/mol. The highest BCUT2D eigenvalue weighted by Gasteiger charge is 2.22. The molecular formula is C40H19N5O. The second-order valence-electron chi connectivity index (χ2n) is 10.9. The molecule has 0 aliphatic carbocycles. The second kappa shape index (κ2) is 10.3. The standard InChI is InChI=1S/C40H19N5O/c1-44-34-13-5-9-27(23-43)39(34)24-15-17-35-32(19-24)30-11-6-12-31(38-25(21-41)7-4-8-26(38)22-42)40(30)45(35)28-16-18-37-33(20-28)29-10-2-3-14-36(29)46-37/h2-20H. The Bertz CT molecular complexity index is 2690. The summed E-state index contributed by atoms with van der Waals surface area (Å²) in [5, 5.41) is 34.0. The first kappa shape index (κ1) is 26.5. The molecule has 6 heteroatoms. The fourth-order valence-electron chi connectivity index (χ4n) is 6.61. The van der Waals surface area contributed by atoms with Crippen molar-refractivity contribution in [3.05, 3.63) is 143 Å². The van der Waals surface area contributed by atoms with Gasteiger partial charge in [0.2, 0.25) is 0 Å². The molecule has 0 amide bonds. The number of para-hydroxylation sites is 2. The zero-order valence-corrected chi connectivity index (χ0v) is 24.1. The lowest BCUT2D eigenvalue weighted by molar-refractivity contribution is 0.669. The maximum Gasteiger partial charge on any atom is 0.196 e. The van der Waals surface area contributed by atoms with E-state index >= 15 is 0 Å². The number of hydrogen-bond acceptors (Lipinski definition) is 4. The molecule has 210 valence electrons. The lowest BCUT2D eigenvalue weighted by Crippen LogP contribution is -1.97. The van der Waals surface area contributed by atoms with E-state index in [-0.39, 0.29) is 0 Å². The summed E-state index contributed by atoms with van der Waals surface area (Å²) in [4.78, 5) is 3.71. The van der Waals surface area contributed by atoms with Crippen LogP contribution in [-0.2, 0) is 0 Å². The topological polar surface area (TPSA) is 93.8 Å². The Morgan fingerprint density at radius 3 is 2.02 bits per heavy atom. The van der Waals surface area contributed by atoms with Crippen LogP contribution in [0.5, 0.6) is 0 Å². The van der Waals surface area contributed by atoms with Crippen molar-refractivity contribution in [3.8, 4) is 46.1 Å². The van der Waals surface area contributed by atoms with E-state index in [0.717, 1.165) is 60.6 Å². The Morgan fingerprint density at radius 1 is 0.587 bits per heavy atom. The molecule has 0 atom stereocenters. The van der Waals surface area contributed by atoms with Gasteiger partial charge in [0.15, 0.2) is 5.69 Å². The number of benzene rings is 6. The van der Waals surface area contributed by atoms with Gasteiger partial charge < -0.3 is 8.98 Å². The van der Waals surface area contributed by atoms with Crippen LogP contribution in [0, 0.1) is 40.6 Å². The summed E-state index contributed by atoms with van der Waals surface area (Å²) in [7, 11) is 0. The van der Waals surface area contributed by atoms with E-state index in [1.54, 1.807) is 36.4 Å². The zero-order valence-electron chi connectivity index (χ0n) is 24.1. The van der Waals surface area contributed by atoms with Crippen molar-refractivity contribution in [2.24, 2.45) is 0 Å². The van der Waals surface area contributed by atoms with Crippen LogP contribution < -0.4 is 0 Å². The molecule has 0 radical (unpaired) electrons. The molecule has 2 aromatic heterocycles. The lowest BCUT2D eigenvalue weighted by atomic mass is 9.93. The summed E-state index contributed by atoms with van der Waals surface area (Å²) in [6.07, 6.45) is 0. The summed E-state index contributed by atoms with van der Waals surface area (Å²) in [5.74, 6) is 0. The van der Waals surface area contributed by atoms with Gasteiger partial charge in [-0.25, -0.2) is 4.85 Å². The average molecular weight is 586 g/mol. The minimum atomic E-state index is 0.404. The molecule has 0 aliphatic rings. The van der Waals surface area contributed by atoms with E-state index in [1.807, 2.05) is 72.8 Å². The number of rotatable bonds is 3. The van der Waals surface area contributed by atoms with Gasteiger partial charge in [0, 0.05) is 49.5 Å². The summed E-state index contributed by atoms with van der Waals surface area (Å²) in [6, 6.07) is 43.1. The average Bonchev–Trinajstić information content (AvgIpc) is 3.65. The third-order valence-corrected chi connectivity index (χ3v) is 8.55. The van der Waals surface area contributed by atoms with E-state index in [4.69, 9.17) is 11.0 Å². The first-order valence-corrected chi connectivity index (χ1v) is 14.5. The minimum Gasteiger partial charge on any atom is -0.456 e. The van der Waals surface area contributed by atoms with Crippen molar-refractivity contribution < 1.29 is 4.42 Å². The van der Waals surface area contributed by atoms with Crippen LogP contribution in [0.3, 0.4) is 0 Å². The quantitative estimate of drug-likeness (QED) is 0.193. The van der Waals surface area contributed by atoms with Gasteiger partial charge >= 0.3 is 0 Å². The van der Waals surface area contributed by atoms with Gasteiger partial charge in [-0.3, -0.25) is 0 Å². The summed E-state index contributed by atoms with van der Waals surface area (Å²) in [5.41, 5.74) is 8.50. The highest BCUT2D eigenvalue weighted by molar-refractivity contribution is 6.16. The molecule has 0 fully saturated rings. The molecule has 0 bridgehead atoms. The summed E-state index contributed by atoms with van der Waals surface area (Å²) in [6.45, 7) is 7.78. The van der Waals surface area contributed by atoms with Crippen molar-refractivity contribution in [2.45, 2.75) is 0 Å². The molecule has 0 saturated heterocycles. The van der Waals surface area contributed by atoms with Crippen LogP contribution in [0.4, 0.5) is 5.69 Å². The molecule has 0 N–H and O–H groups in total. The van der Waals surface area contributed by atoms with Crippen LogP contribution in [0.15, 0.2) is 120 Å². The van der Waals surface area contributed by atoms with Crippen molar-refractivity contribution in [3.63, 3.8) is 0 Å². The van der Waals surface area contributed by atoms with Crippen LogP contribution >= 0.6 is 0 Å². The smallest absolute Gasteiger partial charge is 0.196 e. The Morgan fingerprint density at radius 2 is 1.26 bits per heavy atom. The van der Waals surface area contributed by atoms with Gasteiger partial charge in [0.1, 0.15) is 11.2 Å². The predicted octanol–water partition coefficient (Wildman–Crippen LogP) is 10.2. The fourth-order valence-corrected chi connectivity index (χ4v) is 6.61. The second-order valence-corrected chi connectivity index (χ2v) is 10.9. The summed E-state index contributed by atoms with van der Waals surface area (Å²) < 4.78 is 8.29. The first-order chi connectivity index (χ1) is 22.6. The molecule has 6 nitrogen and oxygen atoms in total. The normalized spacial score (nSPS) is 11.0. The number of fused-ring (bicyclic) bond motifs is 6. The largest absolute Gasteiger partial charge is 0.456 e. The van der Waals surface area contributed by atoms with E-state index in [1.165, 1.54) is 0 Å². The maximum absolute atomic E-state index is 10.1. The molecule has 0 saturated carbocycles. The highest BCUT2D eigenvalue weighted by Crippen LogP contribution is 2.43. The highest BCUT2D eigenvalue weighted by atomic mass is 16.3. The number of hydrogen-bond donors (Lipinski definition) is 0. The van der Waals surface area contributed by atoms with Gasteiger partial charge in [-0.05, 0) is 60.2 Å². The van der Waals surface area contributed by atoms with Crippen molar-refractivity contribution in [1.82, 2.24) is 4.57 Å². The molecule has 2 heterocycles. The van der Waals surface area contributed by atoms with E-state index < -0.39 is 0 Å². The minimum absolute atomic E-state index is 0.404. The number of nitriles is 3. The fraction of sp³-hybridized carbons (Fsp3) is 0. The van der Waals surface area contributed by atoms with Gasteiger partial charge in [-0.2, -0.15) is 15.8 Å². The van der Waals surface area contributed by atoms with Crippen LogP contribution in [-0.4, -0.2) is 4.57 Å². The molecule has 0 aliphatic heterocycles. The molecule has 0 unspecified atom stereocenters. The molecule has 8 rings (SSSR count). The van der Waals surface area contributed by atoms with Crippen molar-refractivity contribution in [2.75, 3.05) is 0 Å². The summed E-state index contributed by atoms with van der Waals surface area (Å²) >= 11 is 0. The van der Waals surface area contributed by atoms with E-state index in [9.17, 15) is 15.8 Å². The number of furan rings is 1. The van der Waals surface area contributed by atoms with Crippen molar-refractivity contribution >= 4 is 49.4 Å². The van der Waals surface area contributed by atoms with E-state index in [0.29, 0.717) is 33.5 Å². The van der Waals surface area contributed by atoms with Crippen molar-refractivity contribution in [1.29, 1.82) is 15.8 Å². The Balaban J connectivity index is 1.53. The van der Waals surface area contributed by atoms with Gasteiger partial charge in [0.25, 0.3) is 0 Å². The van der Waals surface area contributed by atoms with Crippen LogP contribution in [0.2, 0.25) is 0 Å². The monoisotopic (exact) mass is 585 g/mol.